The molecule has 11 heteroatoms. The van der Waals surface area contributed by atoms with Gasteiger partial charge in [0.05, 0.1) is 41.2 Å². The number of carbonyl (C=O) groups is 2. The summed E-state index contributed by atoms with van der Waals surface area (Å²) in [6.07, 6.45) is 3.78. The van der Waals surface area contributed by atoms with Gasteiger partial charge in [0, 0.05) is 18.7 Å². The van der Waals surface area contributed by atoms with Crippen LogP contribution in [0.15, 0.2) is 88.2 Å². The predicted octanol–water partition coefficient (Wildman–Crippen LogP) is 5.12. The van der Waals surface area contributed by atoms with Gasteiger partial charge in [0.15, 0.2) is 22.9 Å². The number of benzene rings is 3. The van der Waals surface area contributed by atoms with Crippen LogP contribution in [0.5, 0.6) is 17.2 Å². The van der Waals surface area contributed by atoms with Crippen molar-refractivity contribution in [2.45, 2.75) is 52.7 Å². The molecule has 0 saturated carbocycles. The molecule has 1 saturated heterocycles. The van der Waals surface area contributed by atoms with E-state index in [4.69, 9.17) is 23.9 Å². The molecule has 10 nitrogen and oxygen atoms in total. The lowest BCUT2D eigenvalue weighted by molar-refractivity contribution is -0.139. The summed E-state index contributed by atoms with van der Waals surface area (Å²) in [6, 6.07) is 21.4. The number of ether oxygens (including phenoxy) is 4. The van der Waals surface area contributed by atoms with Gasteiger partial charge in [-0.25, -0.2) is 9.79 Å². The van der Waals surface area contributed by atoms with Crippen LogP contribution in [-0.2, 0) is 14.3 Å². The Labute approximate surface area is 294 Å². The van der Waals surface area contributed by atoms with Gasteiger partial charge in [0.2, 0.25) is 0 Å². The first-order valence-electron chi connectivity index (χ1n) is 17.0. The molecule has 50 heavy (non-hydrogen) atoms. The lowest BCUT2D eigenvalue weighted by Gasteiger charge is -2.26. The maximum Gasteiger partial charge on any atom is 0.338 e. The second kappa shape index (κ2) is 15.6. The zero-order chi connectivity index (χ0) is 35.2. The molecule has 2 aliphatic heterocycles. The summed E-state index contributed by atoms with van der Waals surface area (Å²) < 4.78 is 25.2. The second-order valence-corrected chi connectivity index (χ2v) is 13.2. The Morgan fingerprint density at radius 2 is 1.68 bits per heavy atom. The maximum atomic E-state index is 14.3. The number of aromatic nitrogens is 1. The molecule has 0 spiro atoms. The summed E-state index contributed by atoms with van der Waals surface area (Å²) in [6.45, 7) is 9.51. The SMILES string of the molecule is CCOC(=O)C1=C(c2ccccc2)N=c2s/c(=C\c3ccc(OCC(=O)N4CCCC4)c(OCC)c3)c(=O)n2[C@H]1c1ccc(OC(C)C)cc1. The van der Waals surface area contributed by atoms with E-state index in [0.29, 0.717) is 50.0 Å². The van der Waals surface area contributed by atoms with Gasteiger partial charge in [-0.15, -0.1) is 0 Å². The van der Waals surface area contributed by atoms with Crippen molar-refractivity contribution in [3.05, 3.63) is 115 Å². The molecule has 1 fully saturated rings. The minimum Gasteiger partial charge on any atom is -0.491 e. The number of carbonyl (C=O) groups excluding carboxylic acids is 2. The van der Waals surface area contributed by atoms with E-state index in [-0.39, 0.29) is 36.4 Å². The average molecular weight is 696 g/mol. The number of thiazole rings is 1. The summed E-state index contributed by atoms with van der Waals surface area (Å²) >= 11 is 1.24. The highest BCUT2D eigenvalue weighted by molar-refractivity contribution is 7.07. The smallest absolute Gasteiger partial charge is 0.338 e. The first-order chi connectivity index (χ1) is 24.3. The Kier molecular flexibility index (Phi) is 10.8. The van der Waals surface area contributed by atoms with Crippen LogP contribution in [0.25, 0.3) is 11.8 Å². The number of amides is 1. The van der Waals surface area contributed by atoms with Crippen LogP contribution in [0.4, 0.5) is 0 Å². The molecule has 4 aromatic rings. The molecular weight excluding hydrogens is 655 g/mol. The minimum absolute atomic E-state index is 0.0144. The number of esters is 1. The summed E-state index contributed by atoms with van der Waals surface area (Å²) in [4.78, 5) is 47.9. The summed E-state index contributed by atoms with van der Waals surface area (Å²) in [7, 11) is 0. The van der Waals surface area contributed by atoms with Crippen LogP contribution in [0, 0.1) is 0 Å². The fourth-order valence-corrected chi connectivity index (χ4v) is 7.11. The zero-order valence-electron chi connectivity index (χ0n) is 28.7. The van der Waals surface area contributed by atoms with Crippen LogP contribution < -0.4 is 29.1 Å². The Morgan fingerprint density at radius 1 is 0.940 bits per heavy atom. The van der Waals surface area contributed by atoms with E-state index in [2.05, 4.69) is 0 Å². The predicted molar refractivity (Wildman–Crippen MR) is 192 cm³/mol. The van der Waals surface area contributed by atoms with Crippen LogP contribution in [-0.4, -0.2) is 60.4 Å². The van der Waals surface area contributed by atoms with Gasteiger partial charge in [-0.2, -0.15) is 0 Å². The van der Waals surface area contributed by atoms with Crippen molar-refractivity contribution < 1.29 is 28.5 Å². The number of hydrogen-bond donors (Lipinski definition) is 0. The summed E-state index contributed by atoms with van der Waals surface area (Å²) in [5, 5.41) is 0. The average Bonchev–Trinajstić information content (AvgIpc) is 3.76. The Morgan fingerprint density at radius 3 is 2.36 bits per heavy atom. The van der Waals surface area contributed by atoms with Gasteiger partial charge < -0.3 is 23.8 Å². The summed E-state index contributed by atoms with van der Waals surface area (Å²) in [5.74, 6) is 1.01. The number of likely N-dealkylation sites (tertiary alicyclic amines) is 1. The number of fused-ring (bicyclic) bond motifs is 1. The topological polar surface area (TPSA) is 109 Å². The third-order valence-corrected chi connectivity index (χ3v) is 9.30. The van der Waals surface area contributed by atoms with Gasteiger partial charge in [-0.05, 0) is 82.0 Å². The van der Waals surface area contributed by atoms with Crippen molar-refractivity contribution >= 4 is 35.0 Å². The molecule has 0 N–H and O–H groups in total. The molecule has 6 rings (SSSR count). The van der Waals surface area contributed by atoms with Gasteiger partial charge in [0.25, 0.3) is 11.5 Å². The molecule has 3 aromatic carbocycles. The number of rotatable bonds is 12. The van der Waals surface area contributed by atoms with E-state index >= 15 is 0 Å². The molecule has 0 radical (unpaired) electrons. The molecule has 1 atom stereocenters. The van der Waals surface area contributed by atoms with E-state index in [0.717, 1.165) is 31.5 Å². The van der Waals surface area contributed by atoms with E-state index in [1.54, 1.807) is 29.7 Å². The monoisotopic (exact) mass is 695 g/mol. The first kappa shape index (κ1) is 34.7. The van der Waals surface area contributed by atoms with Gasteiger partial charge >= 0.3 is 5.97 Å². The van der Waals surface area contributed by atoms with Crippen molar-refractivity contribution in [1.82, 2.24) is 9.47 Å². The highest BCUT2D eigenvalue weighted by Gasteiger charge is 2.35. The van der Waals surface area contributed by atoms with Crippen LogP contribution in [0.3, 0.4) is 0 Å². The third kappa shape index (κ3) is 7.52. The fraction of sp³-hybridized carbons (Fsp3) is 0.333. The van der Waals surface area contributed by atoms with Crippen molar-refractivity contribution in [3.63, 3.8) is 0 Å². The molecule has 0 unspecified atom stereocenters. The molecule has 260 valence electrons. The summed E-state index contributed by atoms with van der Waals surface area (Å²) in [5.41, 5.74) is 2.58. The standard InChI is InChI=1S/C39H41N3O7S/c1-5-46-31-22-26(14-19-30(31)48-24-33(43)41-20-10-11-21-41)23-32-37(44)42-36(28-15-17-29(18-16-28)49-25(3)4)34(38(45)47-6-2)35(40-39(42)50-32)27-12-8-7-9-13-27/h7-9,12-19,22-23,25,36H,5-6,10-11,20-21,24H2,1-4H3/b32-23-/t36-/m0/s1. The van der Waals surface area contributed by atoms with Gasteiger partial charge in [-0.1, -0.05) is 59.9 Å². The van der Waals surface area contributed by atoms with Gasteiger partial charge in [0.1, 0.15) is 5.75 Å². The normalized spacial score (nSPS) is 15.9. The van der Waals surface area contributed by atoms with Gasteiger partial charge in [-0.3, -0.25) is 14.2 Å². The molecule has 0 aliphatic carbocycles. The molecular formula is C39H41N3O7S. The molecule has 1 amide bonds. The molecule has 3 heterocycles. The van der Waals surface area contributed by atoms with Crippen LogP contribution in [0.1, 0.15) is 63.3 Å². The number of hydrogen-bond acceptors (Lipinski definition) is 9. The largest absolute Gasteiger partial charge is 0.491 e. The van der Waals surface area contributed by atoms with Crippen molar-refractivity contribution in [3.8, 4) is 17.2 Å². The highest BCUT2D eigenvalue weighted by atomic mass is 32.1. The maximum absolute atomic E-state index is 14.3. The molecule has 0 bridgehead atoms. The second-order valence-electron chi connectivity index (χ2n) is 12.2. The van der Waals surface area contributed by atoms with Crippen LogP contribution in [0.2, 0.25) is 0 Å². The van der Waals surface area contributed by atoms with Crippen molar-refractivity contribution in [2.24, 2.45) is 4.99 Å². The third-order valence-electron chi connectivity index (χ3n) is 8.32. The lowest BCUT2D eigenvalue weighted by atomic mass is 9.93. The van der Waals surface area contributed by atoms with Crippen LogP contribution >= 0.6 is 11.3 Å². The Hall–Kier alpha value is -5.16. The van der Waals surface area contributed by atoms with E-state index < -0.39 is 12.0 Å². The Balaban J connectivity index is 1.45. The van der Waals surface area contributed by atoms with E-state index in [9.17, 15) is 14.4 Å². The minimum atomic E-state index is -0.807. The lowest BCUT2D eigenvalue weighted by Crippen LogP contribution is -2.40. The van der Waals surface area contributed by atoms with E-state index in [1.165, 1.54) is 11.3 Å². The first-order valence-corrected chi connectivity index (χ1v) is 17.8. The molecule has 2 aliphatic rings. The Bertz CT molecular complexity index is 2060. The number of nitrogens with zero attached hydrogens (tertiary/aromatic N) is 3. The fourth-order valence-electron chi connectivity index (χ4n) is 6.11. The van der Waals surface area contributed by atoms with Crippen molar-refractivity contribution in [1.29, 1.82) is 0 Å². The zero-order valence-corrected chi connectivity index (χ0v) is 29.5. The molecule has 1 aromatic heterocycles. The van der Waals surface area contributed by atoms with E-state index in [1.807, 2.05) is 86.3 Å². The van der Waals surface area contributed by atoms with Crippen molar-refractivity contribution in [2.75, 3.05) is 32.9 Å². The quantitative estimate of drug-likeness (QED) is 0.189. The highest BCUT2D eigenvalue weighted by Crippen LogP contribution is 2.36.